The van der Waals surface area contributed by atoms with Gasteiger partial charge in [0.1, 0.15) is 18.5 Å². The number of benzene rings is 1. The number of rotatable bonds is 7. The highest BCUT2D eigenvalue weighted by Crippen LogP contribution is 2.22. The van der Waals surface area contributed by atoms with E-state index in [2.05, 4.69) is 5.32 Å². The fourth-order valence-corrected chi connectivity index (χ4v) is 2.22. The third-order valence-electron chi connectivity index (χ3n) is 2.78. The van der Waals surface area contributed by atoms with Gasteiger partial charge in [0, 0.05) is 18.8 Å². The van der Waals surface area contributed by atoms with Crippen molar-refractivity contribution in [3.05, 3.63) is 23.8 Å². The van der Waals surface area contributed by atoms with Gasteiger partial charge in [-0.1, -0.05) is 19.9 Å². The summed E-state index contributed by atoms with van der Waals surface area (Å²) in [4.78, 5) is 0.216. The van der Waals surface area contributed by atoms with Crippen LogP contribution >= 0.6 is 0 Å². The molecule has 2 N–H and O–H groups in total. The van der Waals surface area contributed by atoms with Crippen LogP contribution in [-0.2, 0) is 9.84 Å². The largest absolute Gasteiger partial charge is 0.491 e. The van der Waals surface area contributed by atoms with Gasteiger partial charge in [0.2, 0.25) is 0 Å². The fraction of sp³-hybridized carbons (Fsp3) is 0.571. The van der Waals surface area contributed by atoms with E-state index in [9.17, 15) is 13.5 Å². The molecule has 1 atom stereocenters. The van der Waals surface area contributed by atoms with E-state index in [1.54, 1.807) is 12.1 Å². The summed E-state index contributed by atoms with van der Waals surface area (Å²) in [6, 6.07) is 5.03. The molecule has 0 aromatic heterocycles. The number of aliphatic hydroxyl groups excluding tert-OH is 1. The lowest BCUT2D eigenvalue weighted by Crippen LogP contribution is -2.35. The Hall–Kier alpha value is -1.11. The molecule has 1 aromatic carbocycles. The van der Waals surface area contributed by atoms with E-state index in [1.807, 2.05) is 20.8 Å². The van der Waals surface area contributed by atoms with Crippen molar-refractivity contribution in [2.45, 2.75) is 37.8 Å². The van der Waals surface area contributed by atoms with Crippen molar-refractivity contribution < 1.29 is 18.3 Å². The van der Waals surface area contributed by atoms with Crippen LogP contribution in [0.25, 0.3) is 0 Å². The molecule has 1 unspecified atom stereocenters. The van der Waals surface area contributed by atoms with E-state index >= 15 is 0 Å². The second-order valence-electron chi connectivity index (χ2n) is 5.23. The highest BCUT2D eigenvalue weighted by atomic mass is 32.2. The Morgan fingerprint density at radius 3 is 2.55 bits per heavy atom. The molecule has 20 heavy (non-hydrogen) atoms. The lowest BCUT2D eigenvalue weighted by molar-refractivity contribution is 0.104. The van der Waals surface area contributed by atoms with Gasteiger partial charge in [-0.15, -0.1) is 0 Å². The number of aliphatic hydroxyl groups is 1. The third-order valence-corrected chi connectivity index (χ3v) is 3.89. The number of nitrogens with one attached hydrogen (secondary N) is 1. The molecule has 0 spiro atoms. The molecule has 6 heteroatoms. The molecule has 0 bridgehead atoms. The Morgan fingerprint density at radius 1 is 1.35 bits per heavy atom. The predicted octanol–water partition coefficient (Wildman–Crippen LogP) is 1.14. The van der Waals surface area contributed by atoms with E-state index in [0.717, 1.165) is 11.8 Å². The van der Waals surface area contributed by atoms with Gasteiger partial charge >= 0.3 is 0 Å². The Balaban J connectivity index is 2.68. The molecule has 0 amide bonds. The molecule has 0 heterocycles. The predicted molar refractivity (Wildman–Crippen MR) is 78.9 cm³/mol. The van der Waals surface area contributed by atoms with Crippen LogP contribution in [0.1, 0.15) is 19.4 Å². The summed E-state index contributed by atoms with van der Waals surface area (Å²) in [5, 5.41) is 12.9. The summed E-state index contributed by atoms with van der Waals surface area (Å²) >= 11 is 0. The summed E-state index contributed by atoms with van der Waals surface area (Å²) in [5.74, 6) is 0.483. The molecule has 1 rings (SSSR count). The smallest absolute Gasteiger partial charge is 0.175 e. The summed E-state index contributed by atoms with van der Waals surface area (Å²) in [5.41, 5.74) is 0.835. The molecule has 114 valence electrons. The van der Waals surface area contributed by atoms with Gasteiger partial charge < -0.3 is 15.2 Å². The maximum absolute atomic E-state index is 11.5. The minimum absolute atomic E-state index is 0.119. The molecular weight excluding hydrogens is 278 g/mol. The molecule has 0 aliphatic carbocycles. The van der Waals surface area contributed by atoms with Gasteiger partial charge in [-0.2, -0.15) is 0 Å². The summed E-state index contributed by atoms with van der Waals surface area (Å²) in [6.45, 7) is 6.37. The second kappa shape index (κ2) is 7.06. The maximum Gasteiger partial charge on any atom is 0.175 e. The van der Waals surface area contributed by atoms with Crippen molar-refractivity contribution in [2.24, 2.45) is 0 Å². The van der Waals surface area contributed by atoms with E-state index in [1.165, 1.54) is 6.07 Å². The first-order valence-corrected chi connectivity index (χ1v) is 8.44. The van der Waals surface area contributed by atoms with E-state index in [4.69, 9.17) is 4.74 Å². The van der Waals surface area contributed by atoms with Gasteiger partial charge in [0.15, 0.2) is 9.84 Å². The lowest BCUT2D eigenvalue weighted by Gasteiger charge is -2.16. The monoisotopic (exact) mass is 301 g/mol. The summed E-state index contributed by atoms with van der Waals surface area (Å²) in [6.07, 6.45) is 0.516. The zero-order valence-corrected chi connectivity index (χ0v) is 13.2. The van der Waals surface area contributed by atoms with Crippen LogP contribution in [0.5, 0.6) is 5.75 Å². The lowest BCUT2D eigenvalue weighted by atomic mass is 10.2. The van der Waals surface area contributed by atoms with Crippen LogP contribution in [0.4, 0.5) is 0 Å². The zero-order chi connectivity index (χ0) is 15.3. The molecule has 0 fully saturated rings. The van der Waals surface area contributed by atoms with Crippen LogP contribution in [0.15, 0.2) is 23.1 Å². The highest BCUT2D eigenvalue weighted by Gasteiger charge is 2.12. The first kappa shape index (κ1) is 16.9. The third kappa shape index (κ3) is 5.48. The molecule has 0 aliphatic heterocycles. The second-order valence-corrected chi connectivity index (χ2v) is 7.24. The zero-order valence-electron chi connectivity index (χ0n) is 12.4. The van der Waals surface area contributed by atoms with Crippen LogP contribution in [0.3, 0.4) is 0 Å². The van der Waals surface area contributed by atoms with Gasteiger partial charge in [0.25, 0.3) is 0 Å². The highest BCUT2D eigenvalue weighted by molar-refractivity contribution is 7.90. The van der Waals surface area contributed by atoms with Crippen LogP contribution in [0.2, 0.25) is 0 Å². The average Bonchev–Trinajstić information content (AvgIpc) is 2.33. The molecule has 5 nitrogen and oxygen atoms in total. The molecule has 0 saturated carbocycles. The molecule has 0 saturated heterocycles. The number of sulfone groups is 1. The minimum atomic E-state index is -3.26. The standard InChI is InChI=1S/C14H23NO4S/c1-10(2)15-8-12(16)9-19-14-7-13(20(4,17)18)6-5-11(14)3/h5-7,10,12,15-16H,8-9H2,1-4H3. The quantitative estimate of drug-likeness (QED) is 0.790. The molecule has 0 radical (unpaired) electrons. The summed E-state index contributed by atoms with van der Waals surface area (Å²) < 4.78 is 28.5. The Labute approximate surface area is 120 Å². The average molecular weight is 301 g/mol. The van der Waals surface area contributed by atoms with E-state index in [0.29, 0.717) is 18.3 Å². The van der Waals surface area contributed by atoms with Crippen LogP contribution < -0.4 is 10.1 Å². The van der Waals surface area contributed by atoms with Crippen molar-refractivity contribution in [3.63, 3.8) is 0 Å². The Bertz CT molecular complexity index is 540. The first-order chi connectivity index (χ1) is 9.20. The van der Waals surface area contributed by atoms with Crippen molar-refractivity contribution in [1.82, 2.24) is 5.32 Å². The van der Waals surface area contributed by atoms with Crippen molar-refractivity contribution in [3.8, 4) is 5.75 Å². The molecule has 0 aliphatic rings. The number of hydrogen-bond acceptors (Lipinski definition) is 5. The van der Waals surface area contributed by atoms with E-state index < -0.39 is 15.9 Å². The van der Waals surface area contributed by atoms with Gasteiger partial charge in [-0.3, -0.25) is 0 Å². The first-order valence-electron chi connectivity index (χ1n) is 6.55. The summed E-state index contributed by atoms with van der Waals surface area (Å²) in [7, 11) is -3.26. The topological polar surface area (TPSA) is 75.6 Å². The van der Waals surface area contributed by atoms with Crippen LogP contribution in [-0.4, -0.2) is 45.1 Å². The Kier molecular flexibility index (Phi) is 5.98. The van der Waals surface area contributed by atoms with Gasteiger partial charge in [0.05, 0.1) is 4.90 Å². The van der Waals surface area contributed by atoms with E-state index in [-0.39, 0.29) is 11.5 Å². The molecular formula is C14H23NO4S. The van der Waals surface area contributed by atoms with Gasteiger partial charge in [-0.05, 0) is 24.6 Å². The van der Waals surface area contributed by atoms with Crippen molar-refractivity contribution in [2.75, 3.05) is 19.4 Å². The SMILES string of the molecule is Cc1ccc(S(C)(=O)=O)cc1OCC(O)CNC(C)C. The number of aryl methyl sites for hydroxylation is 1. The number of ether oxygens (including phenoxy) is 1. The Morgan fingerprint density at radius 2 is 2.00 bits per heavy atom. The fourth-order valence-electron chi connectivity index (χ4n) is 1.58. The van der Waals surface area contributed by atoms with Gasteiger partial charge in [-0.25, -0.2) is 8.42 Å². The maximum atomic E-state index is 11.5. The van der Waals surface area contributed by atoms with Crippen LogP contribution in [0, 0.1) is 6.92 Å². The molecule has 1 aromatic rings. The number of hydrogen-bond donors (Lipinski definition) is 2. The van der Waals surface area contributed by atoms with Crippen molar-refractivity contribution in [1.29, 1.82) is 0 Å². The normalized spacial score (nSPS) is 13.5. The van der Waals surface area contributed by atoms with Crippen molar-refractivity contribution >= 4 is 9.84 Å². The minimum Gasteiger partial charge on any atom is -0.491 e.